The van der Waals surface area contributed by atoms with Crippen molar-refractivity contribution in [2.45, 2.75) is 33.9 Å². The molecule has 2 heterocycles. The molecule has 0 aliphatic heterocycles. The number of benzene rings is 1. The van der Waals surface area contributed by atoms with E-state index < -0.39 is 0 Å². The van der Waals surface area contributed by atoms with Crippen molar-refractivity contribution in [2.24, 2.45) is 0 Å². The molecule has 0 aliphatic carbocycles. The molecule has 3 rings (SSSR count). The maximum absolute atomic E-state index is 12.6. The number of nitrogens with one attached hydrogen (secondary N) is 1. The molecule has 3 aromatic rings. The molecular weight excluding hydrogens is 360 g/mol. The first-order valence-electron chi connectivity index (χ1n) is 9.09. The van der Waals surface area contributed by atoms with Gasteiger partial charge in [-0.1, -0.05) is 0 Å². The van der Waals surface area contributed by atoms with Gasteiger partial charge in [0.15, 0.2) is 5.65 Å². The molecule has 1 N–H and O–H groups in total. The molecule has 0 amide bonds. The van der Waals surface area contributed by atoms with Gasteiger partial charge in [-0.05, 0) is 45.1 Å². The van der Waals surface area contributed by atoms with Gasteiger partial charge in [0.05, 0.1) is 14.2 Å². The number of hydrogen-bond acceptors (Lipinski definition) is 5. The highest BCUT2D eigenvalue weighted by Crippen LogP contribution is 2.32. The Morgan fingerprint density at radius 2 is 1.79 bits per heavy atom. The van der Waals surface area contributed by atoms with Crippen LogP contribution in [0.2, 0.25) is 0 Å². The fourth-order valence-corrected chi connectivity index (χ4v) is 3.31. The van der Waals surface area contributed by atoms with Crippen molar-refractivity contribution in [2.75, 3.05) is 14.2 Å². The summed E-state index contributed by atoms with van der Waals surface area (Å²) in [6.07, 6.45) is 3.60. The molecule has 0 unspecified atom stereocenters. The Kier molecular flexibility index (Phi) is 5.39. The molecule has 2 aromatic heterocycles. The first kappa shape index (κ1) is 19.5. The van der Waals surface area contributed by atoms with Crippen molar-refractivity contribution in [3.8, 4) is 11.5 Å². The van der Waals surface area contributed by atoms with Crippen LogP contribution in [0.4, 0.5) is 0 Å². The zero-order chi connectivity index (χ0) is 20.4. The Hall–Kier alpha value is -3.29. The van der Waals surface area contributed by atoms with E-state index >= 15 is 0 Å². The Labute approximate surface area is 162 Å². The van der Waals surface area contributed by atoms with Crippen LogP contribution in [0.15, 0.2) is 21.7 Å². The van der Waals surface area contributed by atoms with Gasteiger partial charge in [0.2, 0.25) is 0 Å². The van der Waals surface area contributed by atoms with Gasteiger partial charge < -0.3 is 14.5 Å². The summed E-state index contributed by atoms with van der Waals surface area (Å²) in [4.78, 5) is 32.5. The second-order valence-corrected chi connectivity index (χ2v) is 6.25. The average Bonchev–Trinajstić information content (AvgIpc) is 3.11. The van der Waals surface area contributed by atoms with Crippen LogP contribution in [0.1, 0.15) is 30.8 Å². The lowest BCUT2D eigenvalue weighted by molar-refractivity contribution is 0.388. The predicted molar refractivity (Wildman–Crippen MR) is 109 cm³/mol. The van der Waals surface area contributed by atoms with Crippen molar-refractivity contribution >= 4 is 23.3 Å². The number of aromatic amines is 1. The lowest BCUT2D eigenvalue weighted by Gasteiger charge is -2.12. The van der Waals surface area contributed by atoms with E-state index in [0.717, 1.165) is 16.9 Å². The molecule has 0 spiro atoms. The number of hydrogen-bond donors (Lipinski definition) is 1. The molecule has 8 nitrogen and oxygen atoms in total. The van der Waals surface area contributed by atoms with Gasteiger partial charge >= 0.3 is 5.69 Å². The lowest BCUT2D eigenvalue weighted by Crippen LogP contribution is -2.39. The van der Waals surface area contributed by atoms with Crippen molar-refractivity contribution < 1.29 is 9.47 Å². The number of H-pyrrole nitrogens is 1. The van der Waals surface area contributed by atoms with E-state index in [-0.39, 0.29) is 11.2 Å². The van der Waals surface area contributed by atoms with E-state index in [1.165, 1.54) is 9.13 Å². The standard InChI is InChI=1S/C20H24N4O4/c1-6-23-18-16(19(25)24(7-2)20(23)26)21-15(22-18)11-9-13-8-10-14(27-4)12(3)17(13)28-5/h8-11H,6-7H2,1-5H3,(H,21,22). The summed E-state index contributed by atoms with van der Waals surface area (Å²) in [6, 6.07) is 3.75. The Bertz CT molecular complexity index is 1170. The third-order valence-corrected chi connectivity index (χ3v) is 4.74. The lowest BCUT2D eigenvalue weighted by atomic mass is 10.1. The summed E-state index contributed by atoms with van der Waals surface area (Å²) >= 11 is 0. The van der Waals surface area contributed by atoms with Crippen LogP contribution in [-0.4, -0.2) is 33.3 Å². The first-order chi connectivity index (χ1) is 13.5. The minimum atomic E-state index is -0.364. The van der Waals surface area contributed by atoms with Crippen LogP contribution in [0, 0.1) is 6.92 Å². The maximum Gasteiger partial charge on any atom is 0.332 e. The number of aromatic nitrogens is 4. The van der Waals surface area contributed by atoms with Crippen molar-refractivity contribution in [3.63, 3.8) is 0 Å². The fourth-order valence-electron chi connectivity index (χ4n) is 3.31. The van der Waals surface area contributed by atoms with Gasteiger partial charge in [-0.3, -0.25) is 13.9 Å². The van der Waals surface area contributed by atoms with Gasteiger partial charge in [-0.25, -0.2) is 9.78 Å². The van der Waals surface area contributed by atoms with Gasteiger partial charge in [0.1, 0.15) is 22.8 Å². The smallest absolute Gasteiger partial charge is 0.332 e. The first-order valence-corrected chi connectivity index (χ1v) is 9.09. The zero-order valence-electron chi connectivity index (χ0n) is 16.7. The predicted octanol–water partition coefficient (Wildman–Crippen LogP) is 2.42. The van der Waals surface area contributed by atoms with E-state index in [0.29, 0.717) is 35.8 Å². The Morgan fingerprint density at radius 1 is 1.07 bits per heavy atom. The van der Waals surface area contributed by atoms with Crippen LogP contribution in [0.25, 0.3) is 23.3 Å². The number of imidazole rings is 1. The summed E-state index contributed by atoms with van der Waals surface area (Å²) in [5, 5.41) is 0. The minimum absolute atomic E-state index is 0.306. The van der Waals surface area contributed by atoms with E-state index in [4.69, 9.17) is 9.47 Å². The van der Waals surface area contributed by atoms with Crippen LogP contribution < -0.4 is 20.7 Å². The van der Waals surface area contributed by atoms with E-state index in [9.17, 15) is 9.59 Å². The van der Waals surface area contributed by atoms with E-state index in [2.05, 4.69) is 9.97 Å². The van der Waals surface area contributed by atoms with Gasteiger partial charge in [-0.2, -0.15) is 0 Å². The van der Waals surface area contributed by atoms with Crippen LogP contribution in [-0.2, 0) is 13.1 Å². The highest BCUT2D eigenvalue weighted by molar-refractivity contribution is 5.77. The average molecular weight is 384 g/mol. The van der Waals surface area contributed by atoms with Crippen LogP contribution in [0.5, 0.6) is 11.5 Å². The monoisotopic (exact) mass is 384 g/mol. The number of fused-ring (bicyclic) bond motifs is 1. The van der Waals surface area contributed by atoms with Crippen molar-refractivity contribution in [1.82, 2.24) is 19.1 Å². The summed E-state index contributed by atoms with van der Waals surface area (Å²) in [7, 11) is 3.22. The molecule has 8 heteroatoms. The number of aryl methyl sites for hydroxylation is 1. The largest absolute Gasteiger partial charge is 0.496 e. The Morgan fingerprint density at radius 3 is 2.39 bits per heavy atom. The molecule has 0 aliphatic rings. The molecule has 1 aromatic carbocycles. The SMILES string of the molecule is CCn1c(=O)c2[nH]c(C=Cc3ccc(OC)c(C)c3OC)nc2n(CC)c1=O. The molecule has 0 fully saturated rings. The highest BCUT2D eigenvalue weighted by atomic mass is 16.5. The van der Waals surface area contributed by atoms with Gasteiger partial charge in [0.25, 0.3) is 5.56 Å². The van der Waals surface area contributed by atoms with E-state index in [1.54, 1.807) is 27.2 Å². The summed E-state index contributed by atoms with van der Waals surface area (Å²) in [6.45, 7) is 6.27. The summed E-state index contributed by atoms with van der Waals surface area (Å²) in [5.41, 5.74) is 1.71. The quantitative estimate of drug-likeness (QED) is 0.705. The normalized spacial score (nSPS) is 11.5. The molecule has 28 heavy (non-hydrogen) atoms. The highest BCUT2D eigenvalue weighted by Gasteiger charge is 2.15. The molecule has 148 valence electrons. The third kappa shape index (κ3) is 3.11. The Balaban J connectivity index is 2.12. The van der Waals surface area contributed by atoms with E-state index in [1.807, 2.05) is 32.1 Å². The number of nitrogens with zero attached hydrogens (tertiary/aromatic N) is 3. The molecule has 0 radical (unpaired) electrons. The second kappa shape index (κ2) is 7.75. The van der Waals surface area contributed by atoms with Crippen molar-refractivity contribution in [3.05, 3.63) is 49.9 Å². The minimum Gasteiger partial charge on any atom is -0.496 e. The van der Waals surface area contributed by atoms with Crippen LogP contribution in [0.3, 0.4) is 0 Å². The van der Waals surface area contributed by atoms with Gasteiger partial charge in [0, 0.05) is 24.2 Å². The van der Waals surface area contributed by atoms with Crippen molar-refractivity contribution in [1.29, 1.82) is 0 Å². The summed E-state index contributed by atoms with van der Waals surface area (Å²) < 4.78 is 13.5. The summed E-state index contributed by atoms with van der Waals surface area (Å²) in [5.74, 6) is 1.92. The zero-order valence-corrected chi connectivity index (χ0v) is 16.7. The molecule has 0 saturated heterocycles. The second-order valence-electron chi connectivity index (χ2n) is 6.25. The maximum atomic E-state index is 12.6. The number of ether oxygens (including phenoxy) is 2. The number of methoxy groups -OCH3 is 2. The molecule has 0 atom stereocenters. The van der Waals surface area contributed by atoms with Crippen LogP contribution >= 0.6 is 0 Å². The fraction of sp³-hybridized carbons (Fsp3) is 0.350. The van der Waals surface area contributed by atoms with Gasteiger partial charge in [-0.15, -0.1) is 0 Å². The molecular formula is C20H24N4O4. The number of rotatable bonds is 6. The molecule has 0 bridgehead atoms. The third-order valence-electron chi connectivity index (χ3n) is 4.74. The topological polar surface area (TPSA) is 91.1 Å². The molecule has 0 saturated carbocycles.